The zero-order chi connectivity index (χ0) is 12.0. The third-order valence-corrected chi connectivity index (χ3v) is 2.61. The van der Waals surface area contributed by atoms with Crippen molar-refractivity contribution in [3.05, 3.63) is 34.8 Å². The third kappa shape index (κ3) is 3.82. The van der Waals surface area contributed by atoms with Gasteiger partial charge >= 0.3 is 0 Å². The van der Waals surface area contributed by atoms with Gasteiger partial charge < -0.3 is 10.2 Å². The molecule has 0 saturated heterocycles. The van der Waals surface area contributed by atoms with E-state index in [2.05, 4.69) is 13.5 Å². The molecule has 0 aliphatic carbocycles. The Kier molecular flexibility index (Phi) is 5.83. The maximum absolute atomic E-state index is 9.70. The highest BCUT2D eigenvalue weighted by Gasteiger charge is 2.08. The average Bonchev–Trinajstić information content (AvgIpc) is 2.25. The molecular weight excluding hydrogens is 188 g/mol. The first-order valence-corrected chi connectivity index (χ1v) is 5.42. The lowest BCUT2D eigenvalue weighted by Gasteiger charge is -2.10. The van der Waals surface area contributed by atoms with Crippen LogP contribution in [-0.2, 0) is 0 Å². The lowest BCUT2D eigenvalue weighted by molar-refractivity contribution is 0.321. The van der Waals surface area contributed by atoms with Gasteiger partial charge in [0.2, 0.25) is 0 Å². The van der Waals surface area contributed by atoms with Crippen molar-refractivity contribution in [3.8, 4) is 0 Å². The summed E-state index contributed by atoms with van der Waals surface area (Å²) in [5.74, 6) is 0.0309. The molecule has 2 nitrogen and oxygen atoms in total. The number of hydrogen-bond donors (Lipinski definition) is 2. The summed E-state index contributed by atoms with van der Waals surface area (Å²) in [6.07, 6.45) is 2.40. The highest BCUT2D eigenvalue weighted by Crippen LogP contribution is 2.22. The quantitative estimate of drug-likeness (QED) is 0.521. The number of rotatable bonds is 5. The molecule has 0 aromatic heterocycles. The van der Waals surface area contributed by atoms with E-state index in [4.69, 9.17) is 0 Å². The average molecular weight is 210 g/mol. The Morgan fingerprint density at radius 3 is 2.00 bits per heavy atom. The molecule has 0 aromatic rings. The molecule has 0 radical (unpaired) electrons. The van der Waals surface area contributed by atoms with Gasteiger partial charge in [0, 0.05) is 6.42 Å². The van der Waals surface area contributed by atoms with E-state index in [1.165, 1.54) is 0 Å². The smallest absolute Gasteiger partial charge is 0.156 e. The normalized spacial score (nSPS) is 14.4. The van der Waals surface area contributed by atoms with Gasteiger partial charge in [-0.25, -0.2) is 0 Å². The molecule has 0 fully saturated rings. The molecule has 0 spiro atoms. The number of aliphatic hydroxyl groups excluding tert-OH is 2. The highest BCUT2D eigenvalue weighted by atomic mass is 16.3. The number of allylic oxidation sites excluding steroid dienone is 4. The zero-order valence-electron chi connectivity index (χ0n) is 10.2. The Labute approximate surface area is 92.6 Å². The highest BCUT2D eigenvalue weighted by molar-refractivity contribution is 5.39. The SMILES string of the molecule is C=C(CCC)C(C)=C(C)/C(O)=C(/O)CC. The van der Waals surface area contributed by atoms with Crippen LogP contribution < -0.4 is 0 Å². The predicted octanol–water partition coefficient (Wildman–Crippen LogP) is 4.42. The Balaban J connectivity index is 5.02. The van der Waals surface area contributed by atoms with E-state index in [9.17, 15) is 10.2 Å². The maximum Gasteiger partial charge on any atom is 0.156 e. The first-order chi connectivity index (χ1) is 6.95. The minimum Gasteiger partial charge on any atom is -0.508 e. The summed E-state index contributed by atoms with van der Waals surface area (Å²) in [5, 5.41) is 19.1. The molecule has 0 aliphatic rings. The maximum atomic E-state index is 9.70. The summed E-state index contributed by atoms with van der Waals surface area (Å²) in [7, 11) is 0. The van der Waals surface area contributed by atoms with Crippen LogP contribution in [0.3, 0.4) is 0 Å². The first kappa shape index (κ1) is 13.8. The molecule has 2 heteroatoms. The van der Waals surface area contributed by atoms with Crippen LogP contribution >= 0.6 is 0 Å². The van der Waals surface area contributed by atoms with Gasteiger partial charge in [0.15, 0.2) is 5.76 Å². The van der Waals surface area contributed by atoms with Crippen molar-refractivity contribution in [2.45, 2.75) is 47.0 Å². The molecule has 0 unspecified atom stereocenters. The minimum absolute atomic E-state index is 0.00717. The van der Waals surface area contributed by atoms with Crippen molar-refractivity contribution in [2.75, 3.05) is 0 Å². The molecule has 2 N–H and O–H groups in total. The number of aliphatic hydroxyl groups is 2. The zero-order valence-corrected chi connectivity index (χ0v) is 10.2. The fourth-order valence-corrected chi connectivity index (χ4v) is 1.32. The largest absolute Gasteiger partial charge is 0.508 e. The molecule has 0 aliphatic heterocycles. The molecule has 0 amide bonds. The van der Waals surface area contributed by atoms with Crippen LogP contribution in [0.15, 0.2) is 34.8 Å². The third-order valence-electron chi connectivity index (χ3n) is 2.61. The van der Waals surface area contributed by atoms with E-state index in [0.717, 1.165) is 24.0 Å². The fraction of sp³-hybridized carbons (Fsp3) is 0.538. The van der Waals surface area contributed by atoms with Gasteiger partial charge in [-0.05, 0) is 31.4 Å². The molecule has 0 heterocycles. The molecule has 0 atom stereocenters. The lowest BCUT2D eigenvalue weighted by Crippen LogP contribution is -1.96. The van der Waals surface area contributed by atoms with Gasteiger partial charge in [0.1, 0.15) is 5.76 Å². The summed E-state index contributed by atoms with van der Waals surface area (Å²) in [6.45, 7) is 11.6. The first-order valence-electron chi connectivity index (χ1n) is 5.42. The topological polar surface area (TPSA) is 40.5 Å². The van der Waals surface area contributed by atoms with Gasteiger partial charge in [-0.3, -0.25) is 0 Å². The van der Waals surface area contributed by atoms with Crippen LogP contribution in [0.25, 0.3) is 0 Å². The van der Waals surface area contributed by atoms with Crippen LogP contribution in [0.1, 0.15) is 47.0 Å². The van der Waals surface area contributed by atoms with Crippen LogP contribution in [0.4, 0.5) is 0 Å². The van der Waals surface area contributed by atoms with E-state index in [-0.39, 0.29) is 11.5 Å². The Hall–Kier alpha value is -1.18. The van der Waals surface area contributed by atoms with E-state index in [0.29, 0.717) is 12.0 Å². The standard InChI is InChI=1S/C13H22O2/c1-6-8-9(3)10(4)11(5)13(15)12(14)7-2/h14-15H,3,6-8H2,1-2,4-5H3/b11-10?,13-12-. The van der Waals surface area contributed by atoms with Gasteiger partial charge in [-0.15, -0.1) is 0 Å². The fourth-order valence-electron chi connectivity index (χ4n) is 1.32. The Bertz CT molecular complexity index is 296. The molecule has 0 bridgehead atoms. The van der Waals surface area contributed by atoms with Crippen LogP contribution in [0, 0.1) is 0 Å². The summed E-state index contributed by atoms with van der Waals surface area (Å²) in [6, 6.07) is 0. The minimum atomic E-state index is -0.00717. The Morgan fingerprint density at radius 2 is 1.60 bits per heavy atom. The second-order valence-electron chi connectivity index (χ2n) is 3.75. The molecular formula is C13H22O2. The molecule has 86 valence electrons. The predicted molar refractivity (Wildman–Crippen MR) is 65.0 cm³/mol. The van der Waals surface area contributed by atoms with Crippen LogP contribution in [-0.4, -0.2) is 10.2 Å². The van der Waals surface area contributed by atoms with Crippen molar-refractivity contribution in [1.29, 1.82) is 0 Å². The second kappa shape index (κ2) is 6.33. The van der Waals surface area contributed by atoms with Crippen molar-refractivity contribution < 1.29 is 10.2 Å². The summed E-state index contributed by atoms with van der Waals surface area (Å²) in [4.78, 5) is 0. The summed E-state index contributed by atoms with van der Waals surface area (Å²) >= 11 is 0. The van der Waals surface area contributed by atoms with E-state index < -0.39 is 0 Å². The van der Waals surface area contributed by atoms with Gasteiger partial charge in [0.25, 0.3) is 0 Å². The van der Waals surface area contributed by atoms with Gasteiger partial charge in [-0.1, -0.05) is 32.4 Å². The summed E-state index contributed by atoms with van der Waals surface area (Å²) < 4.78 is 0. The molecule has 15 heavy (non-hydrogen) atoms. The van der Waals surface area contributed by atoms with E-state index in [1.54, 1.807) is 13.8 Å². The van der Waals surface area contributed by atoms with Crippen molar-refractivity contribution in [3.63, 3.8) is 0 Å². The van der Waals surface area contributed by atoms with Crippen molar-refractivity contribution in [2.24, 2.45) is 0 Å². The van der Waals surface area contributed by atoms with Crippen molar-refractivity contribution in [1.82, 2.24) is 0 Å². The van der Waals surface area contributed by atoms with Crippen LogP contribution in [0.5, 0.6) is 0 Å². The molecule has 0 aromatic carbocycles. The number of hydrogen-bond acceptors (Lipinski definition) is 2. The monoisotopic (exact) mass is 210 g/mol. The molecule has 0 saturated carbocycles. The van der Waals surface area contributed by atoms with Gasteiger partial charge in [0.05, 0.1) is 0 Å². The summed E-state index contributed by atoms with van der Waals surface area (Å²) in [5.41, 5.74) is 2.70. The van der Waals surface area contributed by atoms with Crippen LogP contribution in [0.2, 0.25) is 0 Å². The Morgan fingerprint density at radius 1 is 1.07 bits per heavy atom. The molecule has 0 rings (SSSR count). The van der Waals surface area contributed by atoms with E-state index in [1.807, 2.05) is 6.92 Å². The van der Waals surface area contributed by atoms with Crippen molar-refractivity contribution >= 4 is 0 Å². The lowest BCUT2D eigenvalue weighted by atomic mass is 9.98. The van der Waals surface area contributed by atoms with Gasteiger partial charge in [-0.2, -0.15) is 0 Å². The second-order valence-corrected chi connectivity index (χ2v) is 3.75. The van der Waals surface area contributed by atoms with E-state index >= 15 is 0 Å².